The molecule has 0 bridgehead atoms. The standard InChI is InChI=1S/C22H34O5/c1-4-5-6-7-8-9-10-11-12-13-14-27-20-16-18(21(23)25-2)15-19(17-20)22(24)26-3/h15-17H,4-14H2,1-3H3. The first-order valence-electron chi connectivity index (χ1n) is 10.1. The van der Waals surface area contributed by atoms with Crippen LogP contribution < -0.4 is 4.74 Å². The van der Waals surface area contributed by atoms with Gasteiger partial charge in [-0.2, -0.15) is 0 Å². The van der Waals surface area contributed by atoms with Gasteiger partial charge in [-0.25, -0.2) is 9.59 Å². The fourth-order valence-corrected chi connectivity index (χ4v) is 2.93. The van der Waals surface area contributed by atoms with Crippen LogP contribution in [0.2, 0.25) is 0 Å². The van der Waals surface area contributed by atoms with E-state index in [1.54, 1.807) is 12.1 Å². The molecule has 1 aromatic carbocycles. The van der Waals surface area contributed by atoms with Crippen LogP contribution >= 0.6 is 0 Å². The summed E-state index contributed by atoms with van der Waals surface area (Å²) in [6.07, 6.45) is 12.6. The summed E-state index contributed by atoms with van der Waals surface area (Å²) >= 11 is 0. The average molecular weight is 379 g/mol. The second-order valence-electron chi connectivity index (χ2n) is 6.76. The quantitative estimate of drug-likeness (QED) is 0.313. The van der Waals surface area contributed by atoms with Gasteiger partial charge < -0.3 is 14.2 Å². The predicted octanol–water partition coefficient (Wildman–Crippen LogP) is 5.56. The Bertz CT molecular complexity index is 534. The number of rotatable bonds is 14. The highest BCUT2D eigenvalue weighted by Crippen LogP contribution is 2.20. The van der Waals surface area contributed by atoms with Crippen molar-refractivity contribution >= 4 is 11.9 Å². The number of esters is 2. The lowest BCUT2D eigenvalue weighted by Gasteiger charge is -2.10. The summed E-state index contributed by atoms with van der Waals surface area (Å²) in [7, 11) is 2.61. The smallest absolute Gasteiger partial charge is 0.338 e. The van der Waals surface area contributed by atoms with Gasteiger partial charge in [-0.15, -0.1) is 0 Å². The minimum atomic E-state index is -0.510. The molecule has 1 rings (SSSR count). The molecule has 0 aliphatic carbocycles. The first-order chi connectivity index (χ1) is 13.1. The average Bonchev–Trinajstić information content (AvgIpc) is 2.70. The van der Waals surface area contributed by atoms with Crippen LogP contribution in [0.4, 0.5) is 0 Å². The van der Waals surface area contributed by atoms with Crippen LogP contribution in [0.15, 0.2) is 18.2 Å². The van der Waals surface area contributed by atoms with Gasteiger partial charge in [-0.3, -0.25) is 0 Å². The molecule has 0 fully saturated rings. The van der Waals surface area contributed by atoms with Crippen molar-refractivity contribution in [2.45, 2.75) is 71.1 Å². The van der Waals surface area contributed by atoms with Gasteiger partial charge in [0.2, 0.25) is 0 Å². The third-order valence-electron chi connectivity index (χ3n) is 4.52. The molecule has 0 heterocycles. The van der Waals surface area contributed by atoms with Crippen LogP contribution in [0, 0.1) is 0 Å². The maximum Gasteiger partial charge on any atom is 0.338 e. The minimum absolute atomic E-state index is 0.276. The summed E-state index contributed by atoms with van der Waals surface area (Å²) in [5.74, 6) is -0.539. The molecule has 0 atom stereocenters. The van der Waals surface area contributed by atoms with E-state index in [1.165, 1.54) is 71.7 Å². The highest BCUT2D eigenvalue weighted by molar-refractivity contribution is 5.96. The SMILES string of the molecule is CCCCCCCCCCCCOc1cc(C(=O)OC)cc(C(=O)OC)c1. The lowest BCUT2D eigenvalue weighted by atomic mass is 10.1. The van der Waals surface area contributed by atoms with Crippen LogP contribution in [-0.4, -0.2) is 32.8 Å². The molecule has 0 aliphatic heterocycles. The maximum absolute atomic E-state index is 11.8. The molecule has 5 heteroatoms. The molecule has 0 spiro atoms. The number of carbonyl (C=O) groups excluding carboxylic acids is 2. The molecule has 5 nitrogen and oxygen atoms in total. The van der Waals surface area contributed by atoms with Crippen LogP contribution in [-0.2, 0) is 9.47 Å². The number of hydrogen-bond donors (Lipinski definition) is 0. The Morgan fingerprint density at radius 1 is 0.704 bits per heavy atom. The molecule has 0 N–H and O–H groups in total. The van der Waals surface area contributed by atoms with Crippen molar-refractivity contribution in [3.05, 3.63) is 29.3 Å². The second-order valence-corrected chi connectivity index (χ2v) is 6.76. The van der Waals surface area contributed by atoms with E-state index in [0.29, 0.717) is 12.4 Å². The summed E-state index contributed by atoms with van der Waals surface area (Å²) in [6.45, 7) is 2.80. The van der Waals surface area contributed by atoms with E-state index >= 15 is 0 Å². The maximum atomic E-state index is 11.8. The van der Waals surface area contributed by atoms with Gasteiger partial charge in [0.15, 0.2) is 0 Å². The molecular weight excluding hydrogens is 344 g/mol. The van der Waals surface area contributed by atoms with E-state index < -0.39 is 11.9 Å². The second kappa shape index (κ2) is 14.1. The number of ether oxygens (including phenoxy) is 3. The van der Waals surface area contributed by atoms with E-state index in [2.05, 4.69) is 6.92 Å². The van der Waals surface area contributed by atoms with Crippen molar-refractivity contribution < 1.29 is 23.8 Å². The molecule has 0 unspecified atom stereocenters. The van der Waals surface area contributed by atoms with Gasteiger partial charge in [0.1, 0.15) is 5.75 Å². The van der Waals surface area contributed by atoms with Crippen molar-refractivity contribution in [3.8, 4) is 5.75 Å². The molecule has 0 saturated carbocycles. The summed E-state index contributed by atoms with van der Waals surface area (Å²) < 4.78 is 15.2. The van der Waals surface area contributed by atoms with Gasteiger partial charge in [0.05, 0.1) is 32.0 Å². The number of unbranched alkanes of at least 4 members (excludes halogenated alkanes) is 9. The molecule has 0 radical (unpaired) electrons. The molecular formula is C22H34O5. The molecule has 152 valence electrons. The monoisotopic (exact) mass is 378 g/mol. The van der Waals surface area contributed by atoms with E-state index in [1.807, 2.05) is 0 Å². The zero-order chi connectivity index (χ0) is 19.9. The first-order valence-corrected chi connectivity index (χ1v) is 10.1. The highest BCUT2D eigenvalue weighted by Gasteiger charge is 2.14. The Kier molecular flexibility index (Phi) is 12.0. The Morgan fingerprint density at radius 2 is 1.15 bits per heavy atom. The lowest BCUT2D eigenvalue weighted by Crippen LogP contribution is -2.08. The van der Waals surface area contributed by atoms with E-state index in [4.69, 9.17) is 14.2 Å². The predicted molar refractivity (Wildman–Crippen MR) is 106 cm³/mol. The van der Waals surface area contributed by atoms with E-state index in [0.717, 1.165) is 12.8 Å². The van der Waals surface area contributed by atoms with Crippen molar-refractivity contribution in [2.75, 3.05) is 20.8 Å². The normalized spacial score (nSPS) is 10.5. The molecule has 0 aliphatic rings. The molecule has 27 heavy (non-hydrogen) atoms. The number of carbonyl (C=O) groups is 2. The van der Waals surface area contributed by atoms with Crippen LogP contribution in [0.1, 0.15) is 91.8 Å². The zero-order valence-corrected chi connectivity index (χ0v) is 17.1. The van der Waals surface area contributed by atoms with Crippen molar-refractivity contribution in [2.24, 2.45) is 0 Å². The third kappa shape index (κ3) is 9.45. The largest absolute Gasteiger partial charge is 0.494 e. The minimum Gasteiger partial charge on any atom is -0.494 e. The zero-order valence-electron chi connectivity index (χ0n) is 17.1. The van der Waals surface area contributed by atoms with Gasteiger partial charge in [0, 0.05) is 0 Å². The Hall–Kier alpha value is -2.04. The number of methoxy groups -OCH3 is 2. The molecule has 0 aromatic heterocycles. The van der Waals surface area contributed by atoms with Crippen molar-refractivity contribution in [1.29, 1.82) is 0 Å². The molecule has 0 saturated heterocycles. The van der Waals surface area contributed by atoms with E-state index in [9.17, 15) is 9.59 Å². The number of benzene rings is 1. The fraction of sp³-hybridized carbons (Fsp3) is 0.636. The molecule has 0 amide bonds. The third-order valence-corrected chi connectivity index (χ3v) is 4.52. The summed E-state index contributed by atoms with van der Waals surface area (Å²) in [4.78, 5) is 23.5. The molecule has 1 aromatic rings. The number of hydrogen-bond acceptors (Lipinski definition) is 5. The van der Waals surface area contributed by atoms with Gasteiger partial charge in [-0.05, 0) is 24.6 Å². The fourth-order valence-electron chi connectivity index (χ4n) is 2.93. The topological polar surface area (TPSA) is 61.8 Å². The van der Waals surface area contributed by atoms with E-state index in [-0.39, 0.29) is 11.1 Å². The highest BCUT2D eigenvalue weighted by atomic mass is 16.5. The van der Waals surface area contributed by atoms with Gasteiger partial charge >= 0.3 is 11.9 Å². The van der Waals surface area contributed by atoms with Gasteiger partial charge in [0.25, 0.3) is 0 Å². The Balaban J connectivity index is 2.33. The van der Waals surface area contributed by atoms with Crippen molar-refractivity contribution in [3.63, 3.8) is 0 Å². The van der Waals surface area contributed by atoms with Gasteiger partial charge in [-0.1, -0.05) is 64.7 Å². The summed E-state index contributed by atoms with van der Waals surface area (Å²) in [5, 5.41) is 0. The summed E-state index contributed by atoms with van der Waals surface area (Å²) in [6, 6.07) is 4.63. The van der Waals surface area contributed by atoms with Crippen molar-refractivity contribution in [1.82, 2.24) is 0 Å². The van der Waals surface area contributed by atoms with Crippen LogP contribution in [0.3, 0.4) is 0 Å². The first kappa shape index (κ1) is 23.0. The lowest BCUT2D eigenvalue weighted by molar-refractivity contribution is 0.0598. The Morgan fingerprint density at radius 3 is 1.59 bits per heavy atom. The summed E-state index contributed by atoms with van der Waals surface area (Å²) in [5.41, 5.74) is 0.553. The van der Waals surface area contributed by atoms with Crippen LogP contribution in [0.5, 0.6) is 5.75 Å². The Labute approximate surface area is 163 Å². The van der Waals surface area contributed by atoms with Crippen LogP contribution in [0.25, 0.3) is 0 Å².